The van der Waals surface area contributed by atoms with Crippen LogP contribution in [0.3, 0.4) is 0 Å². The van der Waals surface area contributed by atoms with E-state index in [-0.39, 0.29) is 17.2 Å². The Hall–Kier alpha value is -1.96. The van der Waals surface area contributed by atoms with E-state index in [1.54, 1.807) is 0 Å². The number of non-ortho nitro benzene ring substituents is 1. The van der Waals surface area contributed by atoms with Crippen molar-refractivity contribution in [3.05, 3.63) is 58.5 Å². The summed E-state index contributed by atoms with van der Waals surface area (Å²) in [5, 5.41) is 13.1. The van der Waals surface area contributed by atoms with E-state index in [9.17, 15) is 14.9 Å². The van der Waals surface area contributed by atoms with E-state index < -0.39 is 20.9 Å². The summed E-state index contributed by atoms with van der Waals surface area (Å²) in [4.78, 5) is 22.1. The Morgan fingerprint density at radius 1 is 1.30 bits per heavy atom. The van der Waals surface area contributed by atoms with Gasteiger partial charge in [0.15, 0.2) is 5.76 Å². The lowest BCUT2D eigenvalue weighted by atomic mass is 10.3. The zero-order valence-electron chi connectivity index (χ0n) is 11.2. The van der Waals surface area contributed by atoms with Crippen molar-refractivity contribution < 1.29 is 18.9 Å². The van der Waals surface area contributed by atoms with Crippen molar-refractivity contribution in [2.75, 3.05) is 0 Å². The molecule has 1 aromatic carbocycles. The molecule has 0 saturated carbocycles. The molecule has 122 valence electrons. The minimum absolute atomic E-state index is 0.00751. The average molecular weight is 380 g/mol. The number of rotatable bonds is 5. The molecule has 0 unspecified atom stereocenters. The SMILES string of the molecule is O=C(N[C@@H](Oc1cccc([N+](=O)[O-])c1)C(Cl)(Cl)Cl)c1ccco1. The molecule has 10 heteroatoms. The maximum absolute atomic E-state index is 12.0. The fourth-order valence-electron chi connectivity index (χ4n) is 1.58. The van der Waals surface area contributed by atoms with Gasteiger partial charge in [-0.05, 0) is 18.2 Å². The van der Waals surface area contributed by atoms with Gasteiger partial charge >= 0.3 is 0 Å². The molecule has 0 spiro atoms. The highest BCUT2D eigenvalue weighted by Crippen LogP contribution is 2.32. The first-order valence-electron chi connectivity index (χ1n) is 6.09. The fourth-order valence-corrected chi connectivity index (χ4v) is 1.88. The summed E-state index contributed by atoms with van der Waals surface area (Å²) in [5.41, 5.74) is -0.206. The summed E-state index contributed by atoms with van der Waals surface area (Å²) in [6, 6.07) is 8.17. The van der Waals surface area contributed by atoms with E-state index in [0.29, 0.717) is 0 Å². The van der Waals surface area contributed by atoms with E-state index in [1.165, 1.54) is 36.6 Å². The fraction of sp³-hybridized carbons (Fsp3) is 0.154. The summed E-state index contributed by atoms with van der Waals surface area (Å²) in [7, 11) is 0. The Balaban J connectivity index is 2.18. The highest BCUT2D eigenvalue weighted by Gasteiger charge is 2.37. The molecule has 1 amide bonds. The molecule has 7 nitrogen and oxygen atoms in total. The van der Waals surface area contributed by atoms with Crippen LogP contribution < -0.4 is 10.1 Å². The van der Waals surface area contributed by atoms with Crippen molar-refractivity contribution in [1.29, 1.82) is 0 Å². The minimum atomic E-state index is -2.02. The number of benzene rings is 1. The van der Waals surface area contributed by atoms with Gasteiger partial charge in [-0.15, -0.1) is 0 Å². The molecule has 0 saturated heterocycles. The first-order valence-corrected chi connectivity index (χ1v) is 7.23. The lowest BCUT2D eigenvalue weighted by Crippen LogP contribution is -2.47. The molecule has 0 radical (unpaired) electrons. The number of furan rings is 1. The van der Waals surface area contributed by atoms with Crippen molar-refractivity contribution in [3.8, 4) is 5.75 Å². The third kappa shape index (κ3) is 4.75. The molecule has 1 N–H and O–H groups in total. The van der Waals surface area contributed by atoms with E-state index in [1.807, 2.05) is 0 Å². The summed E-state index contributed by atoms with van der Waals surface area (Å²) in [6.45, 7) is 0. The van der Waals surface area contributed by atoms with Gasteiger partial charge in [0.25, 0.3) is 11.6 Å². The van der Waals surface area contributed by atoms with Crippen LogP contribution in [0.5, 0.6) is 5.75 Å². The standard InChI is InChI=1S/C13H9Cl3N2O5/c14-13(15,16)12(17-11(19)10-5-2-6-22-10)23-9-4-1-3-8(7-9)18(20)21/h1-7,12H,(H,17,19)/t12-/m0/s1. The third-order valence-electron chi connectivity index (χ3n) is 2.59. The lowest BCUT2D eigenvalue weighted by molar-refractivity contribution is -0.384. The first-order chi connectivity index (χ1) is 10.8. The normalized spacial score (nSPS) is 12.5. The average Bonchev–Trinajstić information content (AvgIpc) is 3.00. The number of nitro groups is 1. The molecule has 0 bridgehead atoms. The quantitative estimate of drug-likeness (QED) is 0.370. The number of nitro benzene ring substituents is 1. The largest absolute Gasteiger partial charge is 0.466 e. The zero-order chi connectivity index (χ0) is 17.0. The summed E-state index contributed by atoms with van der Waals surface area (Å²) < 4.78 is 8.27. The third-order valence-corrected chi connectivity index (χ3v) is 3.18. The van der Waals surface area contributed by atoms with E-state index >= 15 is 0 Å². The van der Waals surface area contributed by atoms with Gasteiger partial charge in [-0.1, -0.05) is 40.9 Å². The van der Waals surface area contributed by atoms with Gasteiger partial charge < -0.3 is 14.5 Å². The Bertz CT molecular complexity index is 700. The maximum atomic E-state index is 12.0. The highest BCUT2D eigenvalue weighted by molar-refractivity contribution is 6.68. The second-order valence-corrected chi connectivity index (χ2v) is 6.61. The number of hydrogen-bond acceptors (Lipinski definition) is 5. The lowest BCUT2D eigenvalue weighted by Gasteiger charge is -2.25. The van der Waals surface area contributed by atoms with Crippen molar-refractivity contribution in [1.82, 2.24) is 5.32 Å². The van der Waals surface area contributed by atoms with Crippen LogP contribution in [0.25, 0.3) is 0 Å². The van der Waals surface area contributed by atoms with Crippen molar-refractivity contribution >= 4 is 46.4 Å². The predicted molar refractivity (Wildman–Crippen MR) is 84.0 cm³/mol. The Morgan fingerprint density at radius 3 is 2.61 bits per heavy atom. The molecule has 2 aromatic rings. The number of carbonyl (C=O) groups is 1. The Kier molecular flexibility index (Phi) is 5.35. The first kappa shape index (κ1) is 17.4. The zero-order valence-corrected chi connectivity index (χ0v) is 13.5. The number of hydrogen-bond donors (Lipinski definition) is 1. The van der Waals surface area contributed by atoms with Crippen molar-refractivity contribution in [2.45, 2.75) is 10.0 Å². The van der Waals surface area contributed by atoms with E-state index in [0.717, 1.165) is 6.07 Å². The molecule has 1 aromatic heterocycles. The summed E-state index contributed by atoms with van der Waals surface area (Å²) in [6.07, 6.45) is -0.0900. The number of halogens is 3. The molecular weight excluding hydrogens is 371 g/mol. The number of nitrogens with one attached hydrogen (secondary N) is 1. The Morgan fingerprint density at radius 2 is 2.04 bits per heavy atom. The molecule has 2 rings (SSSR count). The van der Waals surface area contributed by atoms with Gasteiger partial charge in [0.05, 0.1) is 17.3 Å². The second-order valence-electron chi connectivity index (χ2n) is 4.24. The maximum Gasteiger partial charge on any atom is 0.289 e. The molecule has 0 fully saturated rings. The molecule has 0 aliphatic rings. The van der Waals surface area contributed by atoms with Crippen LogP contribution >= 0.6 is 34.8 Å². The van der Waals surface area contributed by atoms with Crippen molar-refractivity contribution in [2.24, 2.45) is 0 Å². The molecule has 0 aliphatic carbocycles. The van der Waals surface area contributed by atoms with Crippen LogP contribution in [0.2, 0.25) is 0 Å². The van der Waals surface area contributed by atoms with Gasteiger partial charge in [0, 0.05) is 6.07 Å². The number of carbonyl (C=O) groups excluding carboxylic acids is 1. The minimum Gasteiger partial charge on any atom is -0.466 e. The van der Waals surface area contributed by atoms with Crippen LogP contribution in [0.1, 0.15) is 10.6 Å². The van der Waals surface area contributed by atoms with E-state index in [4.69, 9.17) is 44.0 Å². The smallest absolute Gasteiger partial charge is 0.289 e. The van der Waals surface area contributed by atoms with Gasteiger partial charge in [-0.2, -0.15) is 0 Å². The summed E-state index contributed by atoms with van der Waals surface area (Å²) >= 11 is 17.4. The van der Waals surface area contributed by atoms with Crippen LogP contribution in [-0.4, -0.2) is 20.9 Å². The molecule has 1 atom stereocenters. The monoisotopic (exact) mass is 378 g/mol. The van der Waals surface area contributed by atoms with Crippen LogP contribution in [0.4, 0.5) is 5.69 Å². The van der Waals surface area contributed by atoms with Crippen LogP contribution in [0, 0.1) is 10.1 Å². The number of ether oxygens (including phenoxy) is 1. The molecule has 23 heavy (non-hydrogen) atoms. The summed E-state index contributed by atoms with van der Waals surface area (Å²) in [5.74, 6) is -0.626. The van der Waals surface area contributed by atoms with Crippen molar-refractivity contribution in [3.63, 3.8) is 0 Å². The molecular formula is C13H9Cl3N2O5. The number of nitrogens with zero attached hydrogens (tertiary/aromatic N) is 1. The van der Waals surface area contributed by atoms with E-state index in [2.05, 4.69) is 5.32 Å². The highest BCUT2D eigenvalue weighted by atomic mass is 35.6. The molecule has 0 aliphatic heterocycles. The van der Waals surface area contributed by atoms with Crippen LogP contribution in [-0.2, 0) is 0 Å². The number of amides is 1. The number of alkyl halides is 3. The van der Waals surface area contributed by atoms with Gasteiger partial charge in [0.1, 0.15) is 5.75 Å². The topological polar surface area (TPSA) is 94.6 Å². The molecule has 1 heterocycles. The van der Waals surface area contributed by atoms with Gasteiger partial charge in [-0.25, -0.2) is 0 Å². The van der Waals surface area contributed by atoms with Crippen LogP contribution in [0.15, 0.2) is 47.1 Å². The Labute approximate surface area is 145 Å². The van der Waals surface area contributed by atoms with Gasteiger partial charge in [-0.3, -0.25) is 14.9 Å². The second kappa shape index (κ2) is 7.08. The van der Waals surface area contributed by atoms with Gasteiger partial charge in [0.2, 0.25) is 10.0 Å². The predicted octanol–water partition coefficient (Wildman–Crippen LogP) is 3.69.